The van der Waals surface area contributed by atoms with Gasteiger partial charge in [-0.3, -0.25) is 0 Å². The number of benzene rings is 1. The van der Waals surface area contributed by atoms with E-state index in [1.807, 2.05) is 0 Å². The molecule has 0 radical (unpaired) electrons. The summed E-state index contributed by atoms with van der Waals surface area (Å²) in [5.74, 6) is 0. The molecule has 1 aromatic carbocycles. The highest BCUT2D eigenvalue weighted by Crippen LogP contribution is 2.45. The summed E-state index contributed by atoms with van der Waals surface area (Å²) >= 11 is 0. The lowest BCUT2D eigenvalue weighted by Crippen LogP contribution is -2.47. The molecule has 0 bridgehead atoms. The maximum atomic E-state index is 3.80. The molecule has 1 N–H and O–H groups in total. The Bertz CT molecular complexity index is 351. The van der Waals surface area contributed by atoms with Crippen LogP contribution in [0.3, 0.4) is 0 Å². The van der Waals surface area contributed by atoms with Gasteiger partial charge < -0.3 is 5.32 Å². The van der Waals surface area contributed by atoms with Crippen molar-refractivity contribution in [1.82, 2.24) is 5.32 Å². The zero-order valence-electron chi connectivity index (χ0n) is 12.6. The van der Waals surface area contributed by atoms with E-state index in [1.165, 1.54) is 44.9 Å². The zero-order chi connectivity index (χ0) is 13.6. The van der Waals surface area contributed by atoms with Crippen LogP contribution in [0.5, 0.6) is 0 Å². The molecule has 106 valence electrons. The van der Waals surface area contributed by atoms with Crippen molar-refractivity contribution in [2.75, 3.05) is 6.54 Å². The van der Waals surface area contributed by atoms with Crippen molar-refractivity contribution >= 4 is 0 Å². The topological polar surface area (TPSA) is 12.0 Å². The van der Waals surface area contributed by atoms with Crippen LogP contribution in [0.4, 0.5) is 0 Å². The lowest BCUT2D eigenvalue weighted by molar-refractivity contribution is 0.280. The van der Waals surface area contributed by atoms with E-state index in [0.717, 1.165) is 6.54 Å². The fourth-order valence-corrected chi connectivity index (χ4v) is 3.84. The molecule has 1 saturated carbocycles. The minimum atomic E-state index is 0.395. The molecular weight excluding hydrogens is 230 g/mol. The van der Waals surface area contributed by atoms with Crippen LogP contribution < -0.4 is 5.32 Å². The van der Waals surface area contributed by atoms with Crippen LogP contribution in [0.1, 0.15) is 64.4 Å². The normalized spacial score (nSPS) is 19.5. The third kappa shape index (κ3) is 3.20. The maximum absolute atomic E-state index is 3.80. The minimum Gasteiger partial charge on any atom is -0.313 e. The van der Waals surface area contributed by atoms with Crippen LogP contribution in [0.15, 0.2) is 30.3 Å². The highest BCUT2D eigenvalue weighted by Gasteiger charge is 2.41. The molecule has 0 heterocycles. The first-order valence-electron chi connectivity index (χ1n) is 8.12. The van der Waals surface area contributed by atoms with Crippen LogP contribution in [0, 0.1) is 0 Å². The number of hydrogen-bond donors (Lipinski definition) is 1. The second-order valence-corrected chi connectivity index (χ2v) is 5.98. The van der Waals surface area contributed by atoms with Crippen molar-refractivity contribution in [3.05, 3.63) is 35.9 Å². The summed E-state index contributed by atoms with van der Waals surface area (Å²) < 4.78 is 0. The van der Waals surface area contributed by atoms with Gasteiger partial charge in [0.2, 0.25) is 0 Å². The van der Waals surface area contributed by atoms with E-state index in [2.05, 4.69) is 49.5 Å². The lowest BCUT2D eigenvalue weighted by atomic mass is 9.71. The average Bonchev–Trinajstić information content (AvgIpc) is 2.95. The number of nitrogens with one attached hydrogen (secondary N) is 1. The van der Waals surface area contributed by atoms with Gasteiger partial charge in [-0.25, -0.2) is 0 Å². The highest BCUT2D eigenvalue weighted by molar-refractivity contribution is 5.29. The maximum Gasteiger partial charge on any atom is 0.0164 e. The van der Waals surface area contributed by atoms with Crippen LogP contribution in [-0.4, -0.2) is 12.6 Å². The third-order valence-corrected chi connectivity index (χ3v) is 4.81. The smallest absolute Gasteiger partial charge is 0.0164 e. The van der Waals surface area contributed by atoms with E-state index in [0.29, 0.717) is 11.5 Å². The number of unbranched alkanes of at least 4 members (excludes halogenated alkanes) is 1. The molecule has 1 aromatic rings. The van der Waals surface area contributed by atoms with Crippen LogP contribution >= 0.6 is 0 Å². The van der Waals surface area contributed by atoms with Gasteiger partial charge in [0.25, 0.3) is 0 Å². The molecule has 0 spiro atoms. The molecule has 1 nitrogen and oxygen atoms in total. The molecular formula is C18H29N. The van der Waals surface area contributed by atoms with E-state index in [-0.39, 0.29) is 0 Å². The summed E-state index contributed by atoms with van der Waals surface area (Å²) in [4.78, 5) is 0. The van der Waals surface area contributed by atoms with E-state index in [9.17, 15) is 0 Å². The summed E-state index contributed by atoms with van der Waals surface area (Å²) in [6.07, 6.45) is 9.46. The van der Waals surface area contributed by atoms with E-state index >= 15 is 0 Å². The van der Waals surface area contributed by atoms with Gasteiger partial charge in [-0.2, -0.15) is 0 Å². The summed E-state index contributed by atoms with van der Waals surface area (Å²) in [5, 5.41) is 3.80. The first-order valence-corrected chi connectivity index (χ1v) is 8.12. The monoisotopic (exact) mass is 259 g/mol. The van der Waals surface area contributed by atoms with Crippen molar-refractivity contribution in [3.63, 3.8) is 0 Å². The molecule has 1 heteroatoms. The molecule has 19 heavy (non-hydrogen) atoms. The standard InChI is InChI=1S/C18H29N/c1-3-5-13-17(19-4-2)18(14-9-10-15-18)16-11-7-6-8-12-16/h6-8,11-12,17,19H,3-5,9-10,13-15H2,1-2H3. The molecule has 0 aliphatic heterocycles. The molecule has 1 unspecified atom stereocenters. The van der Waals surface area contributed by atoms with Crippen molar-refractivity contribution in [2.24, 2.45) is 0 Å². The van der Waals surface area contributed by atoms with Crippen molar-refractivity contribution in [3.8, 4) is 0 Å². The Balaban J connectivity index is 2.25. The minimum absolute atomic E-state index is 0.395. The lowest BCUT2D eigenvalue weighted by Gasteiger charge is -2.39. The van der Waals surface area contributed by atoms with Crippen molar-refractivity contribution < 1.29 is 0 Å². The van der Waals surface area contributed by atoms with Crippen LogP contribution in [0.25, 0.3) is 0 Å². The van der Waals surface area contributed by atoms with Gasteiger partial charge >= 0.3 is 0 Å². The fourth-order valence-electron chi connectivity index (χ4n) is 3.84. The molecule has 0 saturated heterocycles. The second-order valence-electron chi connectivity index (χ2n) is 5.98. The van der Waals surface area contributed by atoms with Crippen molar-refractivity contribution in [2.45, 2.75) is 70.3 Å². The predicted molar refractivity (Wildman–Crippen MR) is 83.6 cm³/mol. The average molecular weight is 259 g/mol. The Hall–Kier alpha value is -0.820. The fraction of sp³-hybridized carbons (Fsp3) is 0.667. The molecule has 0 aromatic heterocycles. The zero-order valence-corrected chi connectivity index (χ0v) is 12.6. The molecule has 1 aliphatic carbocycles. The van der Waals surface area contributed by atoms with E-state index in [1.54, 1.807) is 5.56 Å². The molecule has 1 atom stereocenters. The summed E-state index contributed by atoms with van der Waals surface area (Å²) in [6, 6.07) is 11.9. The van der Waals surface area contributed by atoms with Gasteiger partial charge in [-0.15, -0.1) is 0 Å². The Labute approximate surface area is 118 Å². The Morgan fingerprint density at radius 3 is 2.37 bits per heavy atom. The number of rotatable bonds is 7. The van der Waals surface area contributed by atoms with Gasteiger partial charge in [0.15, 0.2) is 0 Å². The molecule has 1 fully saturated rings. The number of likely N-dealkylation sites (N-methyl/N-ethyl adjacent to an activating group) is 1. The van der Waals surface area contributed by atoms with Crippen LogP contribution in [0.2, 0.25) is 0 Å². The quantitative estimate of drug-likeness (QED) is 0.750. The number of hydrogen-bond acceptors (Lipinski definition) is 1. The molecule has 0 amide bonds. The van der Waals surface area contributed by atoms with Crippen LogP contribution in [-0.2, 0) is 5.41 Å². The SMILES string of the molecule is CCCCC(NCC)C1(c2ccccc2)CCCC1. The van der Waals surface area contributed by atoms with Gasteiger partial charge in [-0.1, -0.05) is 69.9 Å². The molecule has 1 aliphatic rings. The van der Waals surface area contributed by atoms with Gasteiger partial charge in [0, 0.05) is 11.5 Å². The first-order chi connectivity index (χ1) is 9.33. The van der Waals surface area contributed by atoms with Gasteiger partial charge in [0.05, 0.1) is 0 Å². The first kappa shape index (κ1) is 14.6. The van der Waals surface area contributed by atoms with E-state index in [4.69, 9.17) is 0 Å². The Kier molecular flexibility index (Phi) is 5.45. The van der Waals surface area contributed by atoms with E-state index < -0.39 is 0 Å². The largest absolute Gasteiger partial charge is 0.313 e. The second kappa shape index (κ2) is 7.09. The highest BCUT2D eigenvalue weighted by atomic mass is 14.9. The van der Waals surface area contributed by atoms with Gasteiger partial charge in [-0.05, 0) is 31.4 Å². The summed E-state index contributed by atoms with van der Waals surface area (Å²) in [6.45, 7) is 5.63. The molecule has 2 rings (SSSR count). The Morgan fingerprint density at radius 1 is 1.11 bits per heavy atom. The van der Waals surface area contributed by atoms with Gasteiger partial charge in [0.1, 0.15) is 0 Å². The Morgan fingerprint density at radius 2 is 1.79 bits per heavy atom. The summed E-state index contributed by atoms with van der Waals surface area (Å²) in [7, 11) is 0. The predicted octanol–water partition coefficient (Wildman–Crippen LogP) is 4.67. The third-order valence-electron chi connectivity index (χ3n) is 4.81. The summed E-state index contributed by atoms with van der Waals surface area (Å²) in [5.41, 5.74) is 1.96. The van der Waals surface area contributed by atoms with Crippen molar-refractivity contribution in [1.29, 1.82) is 0 Å².